The van der Waals surface area contributed by atoms with Gasteiger partial charge in [0.25, 0.3) is 22.2 Å². The molecule has 5 aliphatic heterocycles. The molecule has 0 aromatic carbocycles. The molecule has 0 bridgehead atoms. The van der Waals surface area contributed by atoms with Crippen molar-refractivity contribution in [3.8, 4) is 0 Å². The van der Waals surface area contributed by atoms with E-state index in [4.69, 9.17) is 175 Å². The fraction of sp³-hybridized carbons (Fsp3) is 0.628. The zero-order chi connectivity index (χ0) is 100. The largest absolute Gasteiger partial charge is 0.478 e. The van der Waals surface area contributed by atoms with Gasteiger partial charge in [0.1, 0.15) is 125 Å². The van der Waals surface area contributed by atoms with E-state index in [1.165, 1.54) is 100 Å². The first-order valence-corrected chi connectivity index (χ1v) is 58.7. The smallest absolute Gasteiger partial charge is 0.369 e. The number of aliphatic imine (C=N–C) groups is 2. The predicted octanol–water partition coefficient (Wildman–Crippen LogP) is 10.3. The van der Waals surface area contributed by atoms with Gasteiger partial charge in [-0.25, -0.2) is 60.6 Å². The lowest BCUT2D eigenvalue weighted by atomic mass is 9.89. The molecule has 5 aliphatic rings. The highest BCUT2D eigenvalue weighted by molar-refractivity contribution is 8.87. The van der Waals surface area contributed by atoms with Gasteiger partial charge in [-0.05, 0) is 58.4 Å². The van der Waals surface area contributed by atoms with Crippen molar-refractivity contribution in [3.05, 3.63) is 167 Å². The van der Waals surface area contributed by atoms with E-state index in [0.29, 0.717) is 18.6 Å². The SMILES string of the molecule is [C-]#[N+]CCO[P+](S)(OC[C@H]1O[C@@H](n2cnc3c(=O)[nH]c(N=CN(C)C)nc32)CC1O[P+](S)(OCC[N+]#[C-])OC[C@H]1O[C@@H](n2cc(C)c(=O)[nH]c2=O)CC1O[P+](S)(OCC[N+]#[C-])OC[C@H]1O[C@@H](n2cnc3c(=O)[nH]c(N=CN(C)C)nc32)CC1O[P+](S)(OCC[N+]#[C-])OC[C@H]1O[C@@H](n2cc(C)c(=O)[nH]c2=O)CC1O[P+](S)(OC[C@H]1O[C@@H](n2ccc(NC(C)=O)nc2=O)CC1C(C)C)SCCC)OC(C)C. The number of aromatic amines is 4. The summed E-state index contributed by atoms with van der Waals surface area (Å²) < 4.78 is 133. The second-order valence-corrected chi connectivity index (χ2v) is 52.2. The van der Waals surface area contributed by atoms with Gasteiger partial charge in [-0.2, -0.15) is 78.3 Å². The number of amides is 1. The van der Waals surface area contributed by atoms with Crippen molar-refractivity contribution < 1.29 is 91.8 Å². The van der Waals surface area contributed by atoms with Crippen molar-refractivity contribution in [2.45, 2.75) is 186 Å². The number of hydrogen-bond acceptors (Lipinski definition) is 40. The second-order valence-electron chi connectivity index (χ2n) is 33.0. The number of nitrogens with one attached hydrogen (secondary N) is 5. The third-order valence-corrected chi connectivity index (χ3v) is 37.1. The Morgan fingerprint density at radius 3 is 1.27 bits per heavy atom. The zero-order valence-corrected chi connectivity index (χ0v) is 87.3. The molecule has 5 N–H and O–H groups in total. The van der Waals surface area contributed by atoms with Crippen molar-refractivity contribution in [3.63, 3.8) is 0 Å². The van der Waals surface area contributed by atoms with E-state index in [1.54, 1.807) is 51.8 Å². The molecule has 20 atom stereocenters. The summed E-state index contributed by atoms with van der Waals surface area (Å²) in [6.07, 6.45) is -9.67. The quantitative estimate of drug-likeness (QED) is 0.00423. The molecule has 12 rings (SSSR count). The lowest BCUT2D eigenvalue weighted by Crippen LogP contribution is -2.34. The first kappa shape index (κ1) is 111. The number of fused-ring (bicyclic) bond motifs is 2. The zero-order valence-electron chi connectivity index (χ0n) is 77.5. The molecule has 50 nitrogen and oxygen atoms in total. The Kier molecular flexibility index (Phi) is 39.8. The van der Waals surface area contributed by atoms with Crippen LogP contribution in [0.3, 0.4) is 0 Å². The maximum atomic E-state index is 14.0. The van der Waals surface area contributed by atoms with Gasteiger partial charge in [0.05, 0.1) is 104 Å². The third kappa shape index (κ3) is 29.8. The van der Waals surface area contributed by atoms with Crippen LogP contribution in [0, 0.1) is 52.0 Å². The molecule has 61 heteroatoms. The molecule has 139 heavy (non-hydrogen) atoms. The molecule has 1 amide bonds. The number of aromatic nitrogens is 14. The van der Waals surface area contributed by atoms with Gasteiger partial charge in [0, 0.05) is 96.3 Å². The van der Waals surface area contributed by atoms with Crippen LogP contribution in [0.5, 0.6) is 0 Å². The van der Waals surface area contributed by atoms with Gasteiger partial charge in [-0.1, -0.05) is 20.8 Å². The Hall–Kier alpha value is -7.20. The van der Waals surface area contributed by atoms with E-state index in [2.05, 4.69) is 79.5 Å². The highest BCUT2D eigenvalue weighted by atomic mass is 33.1. The minimum Gasteiger partial charge on any atom is -0.369 e. The molecule has 0 spiro atoms. The fourth-order valence-electron chi connectivity index (χ4n) is 14.8. The normalized spacial score (nSPS) is 24.9. The minimum absolute atomic E-state index is 0.0118. The number of thiol groups is 5. The van der Waals surface area contributed by atoms with E-state index in [9.17, 15) is 38.4 Å². The summed E-state index contributed by atoms with van der Waals surface area (Å²) in [4.78, 5) is 164. The van der Waals surface area contributed by atoms with E-state index < -0.39 is 192 Å². The summed E-state index contributed by atoms with van der Waals surface area (Å²) in [5.74, 6) is -0.155. The number of hydrogen-bond donors (Lipinski definition) is 10. The third-order valence-electron chi connectivity index (χ3n) is 21.2. The summed E-state index contributed by atoms with van der Waals surface area (Å²) in [5, 5.41) is 2.53. The molecular formula is C78H111N23O27P5S6+5. The van der Waals surface area contributed by atoms with Crippen LogP contribution in [0.4, 0.5) is 17.7 Å². The molecule has 12 heterocycles. The van der Waals surface area contributed by atoms with E-state index >= 15 is 0 Å². The summed E-state index contributed by atoms with van der Waals surface area (Å²) in [5.41, 5.74) is -4.71. The van der Waals surface area contributed by atoms with E-state index in [1.807, 2.05) is 20.8 Å². The maximum absolute atomic E-state index is 14.0. The number of carbonyl (C=O) groups is 1. The molecule has 7 aromatic heterocycles. The Labute approximate surface area is 829 Å². The number of ether oxygens (including phenoxy) is 5. The summed E-state index contributed by atoms with van der Waals surface area (Å²) in [7, 11) is -9.37. The molecule has 756 valence electrons. The highest BCUT2D eigenvalue weighted by Crippen LogP contribution is 2.78. The number of rotatable bonds is 51. The Morgan fingerprint density at radius 1 is 0.525 bits per heavy atom. The average molecular weight is 2150 g/mol. The van der Waals surface area contributed by atoms with Crippen LogP contribution in [0.1, 0.15) is 122 Å². The van der Waals surface area contributed by atoms with Crippen LogP contribution < -0.4 is 44.6 Å². The molecule has 10 unspecified atom stereocenters. The van der Waals surface area contributed by atoms with Crippen molar-refractivity contribution >= 4 is 166 Å². The summed E-state index contributed by atoms with van der Waals surface area (Å²) >= 11 is 26.5. The van der Waals surface area contributed by atoms with Gasteiger partial charge in [0.2, 0.25) is 44.0 Å². The van der Waals surface area contributed by atoms with Gasteiger partial charge >= 0.3 is 51.8 Å². The van der Waals surface area contributed by atoms with Crippen LogP contribution in [0.15, 0.2) is 80.9 Å². The van der Waals surface area contributed by atoms with Crippen molar-refractivity contribution in [2.75, 3.05) is 125 Å². The van der Waals surface area contributed by atoms with Crippen LogP contribution in [0.2, 0.25) is 0 Å². The lowest BCUT2D eigenvalue weighted by Gasteiger charge is -2.26. The number of carbonyl (C=O) groups excluding carboxylic acids is 1. The predicted molar refractivity (Wildman–Crippen MR) is 533 cm³/mol. The first-order chi connectivity index (χ1) is 66.1. The van der Waals surface area contributed by atoms with Gasteiger partial charge < -0.3 is 58.2 Å². The van der Waals surface area contributed by atoms with Crippen molar-refractivity contribution in [1.29, 1.82) is 0 Å². The maximum Gasteiger partial charge on any atom is 0.478 e. The van der Waals surface area contributed by atoms with Gasteiger partial charge in [-0.15, -0.1) is 0 Å². The summed E-state index contributed by atoms with van der Waals surface area (Å²) in [6.45, 7) is 40.6. The molecule has 0 radical (unpaired) electrons. The topological polar surface area (TPSA) is 525 Å². The molecule has 0 aliphatic carbocycles. The van der Waals surface area contributed by atoms with E-state index in [-0.39, 0.29) is 155 Å². The highest BCUT2D eigenvalue weighted by Gasteiger charge is 2.60. The van der Waals surface area contributed by atoms with Crippen molar-refractivity contribution in [1.82, 2.24) is 77.5 Å². The van der Waals surface area contributed by atoms with Crippen LogP contribution in [-0.2, 0) is 91.8 Å². The molecule has 5 saturated heterocycles. The standard InChI is InChI=1S/C78H106N23O27P5S6/c1-17-28-139-133(138,118-36-55-50(45(2)3)29-61(119-55)97-23-18-60(87-49(8)102)88-76(97)107)128-54-33-63(99-35-48(7)71(104)94-78(99)109)121-59(54)40-117-132(137,113-27-22-82-12)127-53-32-65(101-44-84-67-69(101)90-75(92-73(67)106)86-42-96(15)16)123-58(53)39-116-130(135,111-25-20-80-10)125-51-30-62(98-34-47(6)70(103)93-77(98)108)120-56(51)38-115-131(136,112-26-21-81-11)126-52-31-64(122-57(52)37-114-129(134,124-46(4)5)110-24-19-79-9)100-43-83-66-68(100)89-74(91-72(66)105)85-41-95(13)14/h18,23,34-35,41-46,50-59,61-65,134-138H,17,19-22,24-33,36-40H2,1-8,13-16H3/p+5/t50?,51?,52?,53?,54?,55-,56-,57-,58-,59-,61-,62-,63-,64-,65-,129?,130?,131?,132?,133?/m1/s1. The first-order valence-electron chi connectivity index (χ1n) is 43.6. The minimum atomic E-state index is -4.30. The second kappa shape index (κ2) is 50.1. The van der Waals surface area contributed by atoms with Crippen LogP contribution >= 0.6 is 107 Å². The Bertz CT molecular complexity index is 6120. The van der Waals surface area contributed by atoms with Crippen molar-refractivity contribution in [2.24, 2.45) is 21.8 Å². The van der Waals surface area contributed by atoms with Crippen LogP contribution in [-0.4, -0.2) is 277 Å². The van der Waals surface area contributed by atoms with Gasteiger partial charge in [0.15, 0.2) is 48.8 Å². The number of H-pyrrole nitrogens is 4. The number of nitrogens with zero attached hydrogens (tertiary/aromatic N) is 18. The Balaban J connectivity index is 0.862. The van der Waals surface area contributed by atoms with E-state index in [0.717, 1.165) is 4.57 Å². The van der Waals surface area contributed by atoms with Crippen LogP contribution in [0.25, 0.3) is 41.7 Å². The monoisotopic (exact) mass is 2150 g/mol. The molecule has 5 fully saturated rings. The fourth-order valence-corrected chi connectivity index (χ4v) is 28.8. The summed E-state index contributed by atoms with van der Waals surface area (Å²) in [6, 6.07) is 1.50. The Morgan fingerprint density at radius 2 is 0.899 bits per heavy atom. The molecular weight excluding hydrogens is 2040 g/mol. The molecule has 0 saturated carbocycles. The van der Waals surface area contributed by atoms with Gasteiger partial charge in [-0.3, -0.25) is 66.7 Å². The number of imidazole rings is 2. The molecule has 7 aromatic rings. The number of anilines is 1. The average Bonchev–Trinajstić information content (AvgIpc) is 1.63. The number of aryl methyl sites for hydroxylation is 2. The lowest BCUT2D eigenvalue weighted by molar-refractivity contribution is -0.114.